The van der Waals surface area contributed by atoms with Crippen molar-refractivity contribution < 1.29 is 9.59 Å². The normalized spacial score (nSPS) is 18.6. The van der Waals surface area contributed by atoms with E-state index in [0.29, 0.717) is 24.7 Å². The van der Waals surface area contributed by atoms with Crippen molar-refractivity contribution >= 4 is 17.6 Å². The molecule has 28 heavy (non-hydrogen) atoms. The van der Waals surface area contributed by atoms with Crippen molar-refractivity contribution in [2.75, 3.05) is 31.1 Å². The summed E-state index contributed by atoms with van der Waals surface area (Å²) < 4.78 is 0. The van der Waals surface area contributed by atoms with Gasteiger partial charge in [-0.1, -0.05) is 5.57 Å². The minimum atomic E-state index is 0.0111. The van der Waals surface area contributed by atoms with Gasteiger partial charge in [-0.25, -0.2) is 4.98 Å². The Hall–Kier alpha value is -2.37. The fourth-order valence-electron chi connectivity index (χ4n) is 4.05. The van der Waals surface area contributed by atoms with Gasteiger partial charge in [0.1, 0.15) is 5.82 Å². The van der Waals surface area contributed by atoms with Crippen molar-refractivity contribution in [3.63, 3.8) is 0 Å². The summed E-state index contributed by atoms with van der Waals surface area (Å²) >= 11 is 0. The van der Waals surface area contributed by atoms with Gasteiger partial charge in [0.05, 0.1) is 5.56 Å². The molecule has 2 saturated carbocycles. The first kappa shape index (κ1) is 19.0. The highest BCUT2D eigenvalue weighted by atomic mass is 16.2. The predicted octanol–water partition coefficient (Wildman–Crippen LogP) is 2.90. The lowest BCUT2D eigenvalue weighted by Crippen LogP contribution is -2.41. The molecule has 3 aliphatic rings. The van der Waals surface area contributed by atoms with E-state index >= 15 is 0 Å². The van der Waals surface area contributed by atoms with Crippen molar-refractivity contribution in [1.29, 1.82) is 0 Å². The molecule has 0 aromatic carbocycles. The third-order valence-electron chi connectivity index (χ3n) is 6.14. The Balaban J connectivity index is 1.41. The van der Waals surface area contributed by atoms with Crippen LogP contribution in [0.1, 0.15) is 62.2 Å². The monoisotopic (exact) mass is 382 g/mol. The number of nitrogens with one attached hydrogen (secondary N) is 1. The first-order chi connectivity index (χ1) is 13.6. The van der Waals surface area contributed by atoms with Gasteiger partial charge >= 0.3 is 0 Å². The Labute approximate surface area is 167 Å². The number of aromatic nitrogens is 1. The smallest absolute Gasteiger partial charge is 0.257 e. The van der Waals surface area contributed by atoms with Crippen molar-refractivity contribution in [3.8, 4) is 0 Å². The van der Waals surface area contributed by atoms with E-state index in [1.54, 1.807) is 6.20 Å². The maximum absolute atomic E-state index is 13.3. The topological polar surface area (TPSA) is 65.5 Å². The van der Waals surface area contributed by atoms with Crippen LogP contribution in [0.25, 0.3) is 0 Å². The van der Waals surface area contributed by atoms with Crippen LogP contribution in [0, 0.1) is 0 Å². The Kier molecular flexibility index (Phi) is 5.64. The number of carbonyl (C=O) groups is 2. The van der Waals surface area contributed by atoms with E-state index in [4.69, 9.17) is 0 Å². The van der Waals surface area contributed by atoms with Gasteiger partial charge in [0.2, 0.25) is 5.91 Å². The highest BCUT2D eigenvalue weighted by Gasteiger charge is 2.34. The summed E-state index contributed by atoms with van der Waals surface area (Å²) in [5, 5.41) is 3.00. The maximum atomic E-state index is 13.3. The van der Waals surface area contributed by atoms with E-state index in [-0.39, 0.29) is 11.8 Å². The average Bonchev–Trinajstić information content (AvgIpc) is 3.35. The molecule has 0 bridgehead atoms. The van der Waals surface area contributed by atoms with Gasteiger partial charge in [0, 0.05) is 44.0 Å². The summed E-state index contributed by atoms with van der Waals surface area (Å²) in [6.45, 7) is 4.87. The molecule has 3 fully saturated rings. The molecule has 4 rings (SSSR count). The predicted molar refractivity (Wildman–Crippen MR) is 109 cm³/mol. The molecule has 1 aliphatic heterocycles. The summed E-state index contributed by atoms with van der Waals surface area (Å²) in [5.41, 5.74) is 2.83. The third kappa shape index (κ3) is 4.05. The van der Waals surface area contributed by atoms with Crippen LogP contribution >= 0.6 is 0 Å². The number of nitrogens with zero attached hydrogens (tertiary/aromatic N) is 3. The van der Waals surface area contributed by atoms with Crippen molar-refractivity contribution in [1.82, 2.24) is 15.2 Å². The second-order valence-corrected chi connectivity index (χ2v) is 8.14. The zero-order valence-electron chi connectivity index (χ0n) is 16.7. The van der Waals surface area contributed by atoms with Crippen LogP contribution in [0.4, 0.5) is 5.82 Å². The molecule has 6 heteroatoms. The van der Waals surface area contributed by atoms with Crippen LogP contribution in [0.2, 0.25) is 0 Å². The largest absolute Gasteiger partial charge is 0.356 e. The average molecular weight is 383 g/mol. The summed E-state index contributed by atoms with van der Waals surface area (Å²) in [4.78, 5) is 34.3. The zero-order chi connectivity index (χ0) is 19.5. The zero-order valence-corrected chi connectivity index (χ0v) is 16.7. The summed E-state index contributed by atoms with van der Waals surface area (Å²) in [5.74, 6) is 0.864. The summed E-state index contributed by atoms with van der Waals surface area (Å²) in [6.07, 6.45) is 9.44. The lowest BCUT2D eigenvalue weighted by atomic mass is 9.88. The molecule has 150 valence electrons. The number of amides is 2. The van der Waals surface area contributed by atoms with Crippen LogP contribution in [0.15, 0.2) is 29.5 Å². The molecule has 1 N–H and O–H groups in total. The van der Waals surface area contributed by atoms with Gasteiger partial charge in [-0.15, -0.1) is 0 Å². The fraction of sp³-hybridized carbons (Fsp3) is 0.591. The number of hydrogen-bond donors (Lipinski definition) is 1. The molecule has 6 nitrogen and oxygen atoms in total. The Morgan fingerprint density at radius 1 is 1.21 bits per heavy atom. The quantitative estimate of drug-likeness (QED) is 0.737. The molecule has 2 heterocycles. The minimum absolute atomic E-state index is 0.0111. The molecule has 0 radical (unpaired) electrons. The number of carbonyl (C=O) groups excluding carboxylic acids is 2. The number of anilines is 1. The lowest BCUT2D eigenvalue weighted by Gasteiger charge is -2.26. The van der Waals surface area contributed by atoms with Gasteiger partial charge in [-0.3, -0.25) is 9.59 Å². The Bertz CT molecular complexity index is 772. The van der Waals surface area contributed by atoms with Crippen LogP contribution in [0.5, 0.6) is 0 Å². The van der Waals surface area contributed by atoms with Gasteiger partial charge in [-0.05, 0) is 64.0 Å². The van der Waals surface area contributed by atoms with Crippen LogP contribution in [-0.4, -0.2) is 53.9 Å². The molecule has 0 spiro atoms. The van der Waals surface area contributed by atoms with Crippen LogP contribution < -0.4 is 10.2 Å². The molecule has 0 unspecified atom stereocenters. The highest BCUT2D eigenvalue weighted by Crippen LogP contribution is 2.31. The minimum Gasteiger partial charge on any atom is -0.356 e. The van der Waals surface area contributed by atoms with Gasteiger partial charge in [0.25, 0.3) is 5.91 Å². The van der Waals surface area contributed by atoms with Crippen LogP contribution in [0.3, 0.4) is 0 Å². The third-order valence-corrected chi connectivity index (χ3v) is 6.14. The lowest BCUT2D eigenvalue weighted by molar-refractivity contribution is -0.117. The number of pyridine rings is 1. The molecule has 2 amide bonds. The molecule has 0 atom stereocenters. The van der Waals surface area contributed by atoms with E-state index in [2.05, 4.69) is 15.2 Å². The number of hydrogen-bond acceptors (Lipinski definition) is 4. The molecule has 1 aromatic heterocycles. The highest BCUT2D eigenvalue weighted by molar-refractivity contribution is 5.99. The fourth-order valence-corrected chi connectivity index (χ4v) is 4.05. The SMILES string of the molecule is CC(C(=O)NCCN(C(=O)c1cccnc1N1CCCC1)C1CC1)=C1CCC1. The van der Waals surface area contributed by atoms with Crippen molar-refractivity contribution in [2.45, 2.75) is 57.9 Å². The van der Waals surface area contributed by atoms with E-state index in [1.165, 1.54) is 12.0 Å². The van der Waals surface area contributed by atoms with E-state index in [9.17, 15) is 9.59 Å². The molecular weight excluding hydrogens is 352 g/mol. The van der Waals surface area contributed by atoms with E-state index in [1.807, 2.05) is 24.0 Å². The first-order valence-corrected chi connectivity index (χ1v) is 10.6. The second-order valence-electron chi connectivity index (χ2n) is 8.14. The standard InChI is InChI=1S/C22H30N4O2/c1-16(17-6-4-7-17)21(27)24-12-15-26(18-9-10-18)22(28)19-8-5-11-23-20(19)25-13-2-3-14-25/h5,8,11,18H,2-4,6-7,9-10,12-15H2,1H3,(H,24,27). The number of allylic oxidation sites excluding steroid dienone is 1. The molecule has 1 aromatic rings. The van der Waals surface area contributed by atoms with Gasteiger partial charge in [0.15, 0.2) is 0 Å². The van der Waals surface area contributed by atoms with Crippen molar-refractivity contribution in [2.24, 2.45) is 0 Å². The van der Waals surface area contributed by atoms with Gasteiger partial charge in [-0.2, -0.15) is 0 Å². The van der Waals surface area contributed by atoms with Crippen LogP contribution in [-0.2, 0) is 4.79 Å². The second kappa shape index (κ2) is 8.33. The molecular formula is C22H30N4O2. The van der Waals surface area contributed by atoms with Gasteiger partial charge < -0.3 is 15.1 Å². The van der Waals surface area contributed by atoms with E-state index in [0.717, 1.165) is 63.0 Å². The molecule has 2 aliphatic carbocycles. The first-order valence-electron chi connectivity index (χ1n) is 10.6. The number of rotatable bonds is 7. The van der Waals surface area contributed by atoms with Crippen molar-refractivity contribution in [3.05, 3.63) is 35.0 Å². The Morgan fingerprint density at radius 2 is 1.96 bits per heavy atom. The summed E-state index contributed by atoms with van der Waals surface area (Å²) in [6, 6.07) is 4.03. The maximum Gasteiger partial charge on any atom is 0.257 e. The summed E-state index contributed by atoms with van der Waals surface area (Å²) in [7, 11) is 0. The Morgan fingerprint density at radius 3 is 2.61 bits per heavy atom. The van der Waals surface area contributed by atoms with E-state index < -0.39 is 0 Å². The molecule has 1 saturated heterocycles.